The zero-order valence-electron chi connectivity index (χ0n) is 21.0. The summed E-state index contributed by atoms with van der Waals surface area (Å²) < 4.78 is 1.68. The van der Waals surface area contributed by atoms with Crippen LogP contribution in [0, 0.1) is 25.7 Å². The van der Waals surface area contributed by atoms with Crippen LogP contribution >= 0.6 is 0 Å². The summed E-state index contributed by atoms with van der Waals surface area (Å²) in [6, 6.07) is 14.6. The van der Waals surface area contributed by atoms with Crippen molar-refractivity contribution in [1.29, 1.82) is 0 Å². The van der Waals surface area contributed by atoms with Crippen LogP contribution in [0.5, 0.6) is 0 Å². The Bertz CT molecular complexity index is 1300. The van der Waals surface area contributed by atoms with E-state index in [4.69, 9.17) is 0 Å². The van der Waals surface area contributed by atoms with E-state index in [1.54, 1.807) is 35.3 Å². The van der Waals surface area contributed by atoms with Gasteiger partial charge in [-0.25, -0.2) is 0 Å². The maximum atomic E-state index is 13.7. The first-order valence-electron chi connectivity index (χ1n) is 12.1. The van der Waals surface area contributed by atoms with Crippen LogP contribution in [0.2, 0.25) is 0 Å². The molecule has 0 saturated heterocycles. The highest BCUT2D eigenvalue weighted by atomic mass is 16.3. The van der Waals surface area contributed by atoms with E-state index in [1.165, 1.54) is 6.92 Å². The molecule has 0 bridgehead atoms. The van der Waals surface area contributed by atoms with Gasteiger partial charge < -0.3 is 15.7 Å². The minimum Gasteiger partial charge on any atom is -0.389 e. The summed E-state index contributed by atoms with van der Waals surface area (Å²) in [7, 11) is 0. The predicted octanol–water partition coefficient (Wildman–Crippen LogP) is 3.84. The van der Waals surface area contributed by atoms with Gasteiger partial charge in [0.1, 0.15) is 11.7 Å². The molecule has 1 saturated carbocycles. The lowest BCUT2D eigenvalue weighted by molar-refractivity contribution is -0.150. The number of hydrogen-bond donors (Lipinski definition) is 3. The molecular formula is C28H32N4O4. The highest BCUT2D eigenvalue weighted by Gasteiger charge is 2.56. The number of aliphatic hydroxyl groups is 1. The molecule has 2 amide bonds. The van der Waals surface area contributed by atoms with Gasteiger partial charge in [-0.05, 0) is 56.5 Å². The number of aromatic nitrogens is 2. The lowest BCUT2D eigenvalue weighted by atomic mass is 9.61. The number of aryl methyl sites for hydroxylation is 3. The van der Waals surface area contributed by atoms with Gasteiger partial charge >= 0.3 is 0 Å². The molecule has 3 N–H and O–H groups in total. The van der Waals surface area contributed by atoms with Crippen molar-refractivity contribution < 1.29 is 19.5 Å². The Kier molecular flexibility index (Phi) is 7.08. The van der Waals surface area contributed by atoms with E-state index in [-0.39, 0.29) is 6.42 Å². The van der Waals surface area contributed by atoms with Crippen LogP contribution < -0.4 is 10.6 Å². The van der Waals surface area contributed by atoms with Crippen molar-refractivity contribution in [2.45, 2.75) is 52.2 Å². The third kappa shape index (κ3) is 4.95. The molecule has 1 aliphatic rings. The topological polar surface area (TPSA) is 113 Å². The number of anilines is 2. The van der Waals surface area contributed by atoms with Crippen molar-refractivity contribution in [2.24, 2.45) is 11.8 Å². The molecule has 0 radical (unpaired) electrons. The van der Waals surface area contributed by atoms with Gasteiger partial charge in [0, 0.05) is 36.5 Å². The van der Waals surface area contributed by atoms with Gasteiger partial charge in [0.2, 0.25) is 11.8 Å². The van der Waals surface area contributed by atoms with E-state index in [0.717, 1.165) is 11.1 Å². The monoisotopic (exact) mass is 488 g/mol. The number of para-hydroxylation sites is 2. The van der Waals surface area contributed by atoms with Crippen LogP contribution in [-0.2, 0) is 20.9 Å². The number of nitrogens with zero attached hydrogens (tertiary/aromatic N) is 2. The first kappa shape index (κ1) is 25.3. The number of hydrogen-bond acceptors (Lipinski definition) is 5. The van der Waals surface area contributed by atoms with Crippen LogP contribution in [0.25, 0.3) is 0 Å². The third-order valence-electron chi connectivity index (χ3n) is 7.00. The van der Waals surface area contributed by atoms with Gasteiger partial charge in [-0.15, -0.1) is 0 Å². The lowest BCUT2D eigenvalue weighted by Gasteiger charge is -2.44. The number of ketones is 1. The van der Waals surface area contributed by atoms with Gasteiger partial charge in [0.25, 0.3) is 0 Å². The number of Topliss-reactive ketones (excluding diaryl/α,β-unsaturated/α-hetero) is 1. The summed E-state index contributed by atoms with van der Waals surface area (Å²) >= 11 is 0. The summed E-state index contributed by atoms with van der Waals surface area (Å²) in [4.78, 5) is 40.7. The van der Waals surface area contributed by atoms with Gasteiger partial charge in [-0.1, -0.05) is 36.4 Å². The van der Waals surface area contributed by atoms with Crippen LogP contribution in [0.3, 0.4) is 0 Å². The quantitative estimate of drug-likeness (QED) is 0.457. The Morgan fingerprint density at radius 3 is 2.11 bits per heavy atom. The van der Waals surface area contributed by atoms with Crippen molar-refractivity contribution in [2.75, 3.05) is 10.6 Å². The average Bonchev–Trinajstić information content (AvgIpc) is 3.30. The summed E-state index contributed by atoms with van der Waals surface area (Å²) in [6.07, 6.45) is 3.00. The van der Waals surface area contributed by atoms with E-state index in [1.807, 2.05) is 51.1 Å². The molecule has 4 unspecified atom stereocenters. The van der Waals surface area contributed by atoms with Crippen molar-refractivity contribution in [3.8, 4) is 0 Å². The van der Waals surface area contributed by atoms with Crippen molar-refractivity contribution in [1.82, 2.24) is 9.78 Å². The molecule has 0 aliphatic heterocycles. The molecule has 1 aliphatic carbocycles. The fourth-order valence-corrected chi connectivity index (χ4v) is 5.06. The number of benzene rings is 2. The number of carbonyl (C=O) groups is 3. The normalized spacial score (nSPS) is 23.8. The fourth-order valence-electron chi connectivity index (χ4n) is 5.06. The molecule has 36 heavy (non-hydrogen) atoms. The molecule has 8 heteroatoms. The van der Waals surface area contributed by atoms with Crippen molar-refractivity contribution in [3.63, 3.8) is 0 Å². The zero-order chi connectivity index (χ0) is 26.0. The summed E-state index contributed by atoms with van der Waals surface area (Å²) in [5.41, 5.74) is 1.81. The number of carbonyl (C=O) groups excluding carboxylic acids is 3. The van der Waals surface area contributed by atoms with Crippen LogP contribution in [0.1, 0.15) is 42.9 Å². The minimum absolute atomic E-state index is 0.316. The second kappa shape index (κ2) is 10.1. The van der Waals surface area contributed by atoms with E-state index in [2.05, 4.69) is 15.7 Å². The number of rotatable bonds is 6. The summed E-state index contributed by atoms with van der Waals surface area (Å²) in [5, 5.41) is 21.5. The molecule has 4 atom stereocenters. The first-order valence-corrected chi connectivity index (χ1v) is 12.1. The molecular weight excluding hydrogens is 456 g/mol. The minimum atomic E-state index is -1.66. The highest BCUT2D eigenvalue weighted by molar-refractivity contribution is 6.10. The van der Waals surface area contributed by atoms with Gasteiger partial charge in [0.15, 0.2) is 0 Å². The molecule has 1 aromatic heterocycles. The van der Waals surface area contributed by atoms with Gasteiger partial charge in [0.05, 0.1) is 17.7 Å². The standard InChI is InChI=1S/C28H32N4O4/c1-5-32-16-19(15-29-32)23-24(26(34)30-20-12-8-6-10-17(20)2)22(33)14-28(4,36)25(23)27(35)31-21-13-9-7-11-18(21)3/h6-13,15-16,23-25,36H,5,14H2,1-4H3,(H,30,34)(H,31,35). The largest absolute Gasteiger partial charge is 0.389 e. The van der Waals surface area contributed by atoms with Crippen LogP contribution in [-0.4, -0.2) is 38.1 Å². The van der Waals surface area contributed by atoms with Gasteiger partial charge in [-0.3, -0.25) is 19.1 Å². The third-order valence-corrected chi connectivity index (χ3v) is 7.00. The number of amides is 2. The smallest absolute Gasteiger partial charge is 0.235 e. The first-order chi connectivity index (χ1) is 17.1. The van der Waals surface area contributed by atoms with Crippen LogP contribution in [0.4, 0.5) is 11.4 Å². The van der Waals surface area contributed by atoms with E-state index in [0.29, 0.717) is 23.5 Å². The van der Waals surface area contributed by atoms with E-state index < -0.39 is 41.0 Å². The second-order valence-electron chi connectivity index (χ2n) is 9.72. The highest BCUT2D eigenvalue weighted by Crippen LogP contribution is 2.46. The van der Waals surface area contributed by atoms with Crippen molar-refractivity contribution >= 4 is 29.0 Å². The SMILES string of the molecule is CCn1cc(C2C(C(=O)Nc3ccccc3C)C(=O)CC(C)(O)C2C(=O)Nc2ccccc2C)cn1. The van der Waals surface area contributed by atoms with E-state index in [9.17, 15) is 19.5 Å². The Hall–Kier alpha value is -3.78. The molecule has 3 aromatic rings. The maximum Gasteiger partial charge on any atom is 0.235 e. The summed E-state index contributed by atoms with van der Waals surface area (Å²) in [6.45, 7) is 7.73. The second-order valence-corrected chi connectivity index (χ2v) is 9.72. The fraction of sp³-hybridized carbons (Fsp3) is 0.357. The molecule has 188 valence electrons. The predicted molar refractivity (Wildman–Crippen MR) is 137 cm³/mol. The molecule has 2 aromatic carbocycles. The molecule has 4 rings (SSSR count). The Morgan fingerprint density at radius 1 is 1.03 bits per heavy atom. The Labute approximate surface area is 210 Å². The zero-order valence-corrected chi connectivity index (χ0v) is 21.0. The van der Waals surface area contributed by atoms with Crippen LogP contribution in [0.15, 0.2) is 60.9 Å². The summed E-state index contributed by atoms with van der Waals surface area (Å²) in [5.74, 6) is -4.53. The number of nitrogens with one attached hydrogen (secondary N) is 2. The average molecular weight is 489 g/mol. The maximum absolute atomic E-state index is 13.7. The Balaban J connectivity index is 1.77. The lowest BCUT2D eigenvalue weighted by Crippen LogP contribution is -2.56. The van der Waals surface area contributed by atoms with Crippen molar-refractivity contribution in [3.05, 3.63) is 77.6 Å². The molecule has 1 heterocycles. The molecule has 0 spiro atoms. The van der Waals surface area contributed by atoms with Gasteiger partial charge in [-0.2, -0.15) is 5.10 Å². The molecule has 1 fully saturated rings. The Morgan fingerprint density at radius 2 is 1.58 bits per heavy atom. The van der Waals surface area contributed by atoms with E-state index >= 15 is 0 Å². The molecule has 8 nitrogen and oxygen atoms in total.